The van der Waals surface area contributed by atoms with Gasteiger partial charge in [0.1, 0.15) is 11.4 Å². The minimum atomic E-state index is -1.16. The lowest BCUT2D eigenvalue weighted by atomic mass is 9.67. The zero-order valence-corrected chi connectivity index (χ0v) is 12.2. The van der Waals surface area contributed by atoms with Crippen LogP contribution in [0, 0.1) is 6.92 Å². The molecule has 0 saturated heterocycles. The van der Waals surface area contributed by atoms with E-state index in [4.69, 9.17) is 0 Å². The second kappa shape index (κ2) is 4.43. The first-order valence-corrected chi connectivity index (χ1v) is 7.04. The summed E-state index contributed by atoms with van der Waals surface area (Å²) in [6.07, 6.45) is 4.25. The van der Waals surface area contributed by atoms with Crippen molar-refractivity contribution in [3.8, 4) is 5.75 Å². The number of aromatic hydroxyl groups is 1. The summed E-state index contributed by atoms with van der Waals surface area (Å²) < 4.78 is 0. The van der Waals surface area contributed by atoms with Crippen LogP contribution in [-0.4, -0.2) is 21.6 Å². The molecule has 0 radical (unpaired) electrons. The van der Waals surface area contributed by atoms with E-state index in [2.05, 4.69) is 6.58 Å². The number of aliphatic hydroxyl groups is 1. The van der Waals surface area contributed by atoms with Gasteiger partial charge in [0.15, 0.2) is 5.78 Å². The van der Waals surface area contributed by atoms with Crippen molar-refractivity contribution in [2.75, 3.05) is 0 Å². The van der Waals surface area contributed by atoms with Crippen molar-refractivity contribution < 1.29 is 15.0 Å². The van der Waals surface area contributed by atoms with Gasteiger partial charge >= 0.3 is 0 Å². The fourth-order valence-electron chi connectivity index (χ4n) is 3.46. The van der Waals surface area contributed by atoms with Gasteiger partial charge < -0.3 is 10.2 Å². The Balaban J connectivity index is 2.28. The molecule has 0 amide bonds. The van der Waals surface area contributed by atoms with Gasteiger partial charge in [-0.3, -0.25) is 4.79 Å². The molecule has 1 aromatic carbocycles. The number of allylic oxidation sites excluding steroid dienone is 2. The van der Waals surface area contributed by atoms with Crippen LogP contribution in [0.4, 0.5) is 0 Å². The van der Waals surface area contributed by atoms with Crippen molar-refractivity contribution in [2.24, 2.45) is 0 Å². The fraction of sp³-hybridized carbons (Fsp3) is 0.278. The average Bonchev–Trinajstić information content (AvgIpc) is 2.45. The van der Waals surface area contributed by atoms with Crippen molar-refractivity contribution in [3.63, 3.8) is 0 Å². The summed E-state index contributed by atoms with van der Waals surface area (Å²) >= 11 is 0. The van der Waals surface area contributed by atoms with Crippen LogP contribution in [0.25, 0.3) is 5.57 Å². The molecule has 1 atom stereocenters. The topological polar surface area (TPSA) is 57.5 Å². The van der Waals surface area contributed by atoms with Gasteiger partial charge in [0.05, 0.1) is 0 Å². The maximum absolute atomic E-state index is 12.2. The number of ketones is 1. The van der Waals surface area contributed by atoms with Crippen LogP contribution in [0.2, 0.25) is 0 Å². The third-order valence-electron chi connectivity index (χ3n) is 4.74. The molecule has 0 saturated carbocycles. The number of carbonyl (C=O) groups excluding carboxylic acids is 1. The average molecular weight is 282 g/mol. The third-order valence-corrected chi connectivity index (χ3v) is 4.74. The Morgan fingerprint density at radius 1 is 1.33 bits per heavy atom. The van der Waals surface area contributed by atoms with E-state index in [0.29, 0.717) is 29.6 Å². The van der Waals surface area contributed by atoms with E-state index in [1.807, 2.05) is 6.92 Å². The largest absolute Gasteiger partial charge is 0.508 e. The van der Waals surface area contributed by atoms with Crippen LogP contribution in [0.15, 0.2) is 42.0 Å². The van der Waals surface area contributed by atoms with Gasteiger partial charge in [-0.1, -0.05) is 18.7 Å². The number of hydrogen-bond acceptors (Lipinski definition) is 3. The van der Waals surface area contributed by atoms with Crippen LogP contribution < -0.4 is 0 Å². The highest BCUT2D eigenvalue weighted by Gasteiger charge is 2.43. The summed E-state index contributed by atoms with van der Waals surface area (Å²) in [5.41, 5.74) is 3.28. The number of carbonyl (C=O) groups is 1. The van der Waals surface area contributed by atoms with Crippen molar-refractivity contribution in [1.29, 1.82) is 0 Å². The Labute approximate surface area is 123 Å². The maximum Gasteiger partial charge on any atom is 0.182 e. The lowest BCUT2D eigenvalue weighted by Crippen LogP contribution is -2.40. The van der Waals surface area contributed by atoms with E-state index < -0.39 is 5.60 Å². The molecule has 0 bridgehead atoms. The molecule has 21 heavy (non-hydrogen) atoms. The molecular formula is C18H18O3. The summed E-state index contributed by atoms with van der Waals surface area (Å²) in [6, 6.07) is 3.40. The molecule has 108 valence electrons. The zero-order valence-electron chi connectivity index (χ0n) is 12.2. The first-order valence-electron chi connectivity index (χ1n) is 7.04. The van der Waals surface area contributed by atoms with Crippen molar-refractivity contribution in [1.82, 2.24) is 0 Å². The second-order valence-electron chi connectivity index (χ2n) is 5.76. The number of hydrogen-bond donors (Lipinski definition) is 2. The summed E-state index contributed by atoms with van der Waals surface area (Å²) in [4.78, 5) is 12.2. The van der Waals surface area contributed by atoms with E-state index in [1.54, 1.807) is 25.1 Å². The Bertz CT molecular complexity index is 737. The van der Waals surface area contributed by atoms with Crippen LogP contribution in [-0.2, 0) is 11.2 Å². The summed E-state index contributed by atoms with van der Waals surface area (Å²) in [5, 5.41) is 21.0. The molecule has 0 spiro atoms. The van der Waals surface area contributed by atoms with Crippen LogP contribution >= 0.6 is 0 Å². The highest BCUT2D eigenvalue weighted by atomic mass is 16.3. The number of benzene rings is 1. The summed E-state index contributed by atoms with van der Waals surface area (Å²) in [7, 11) is 0. The second-order valence-corrected chi connectivity index (χ2v) is 5.76. The molecule has 0 aromatic heterocycles. The monoisotopic (exact) mass is 282 g/mol. The normalized spacial score (nSPS) is 24.3. The molecule has 0 heterocycles. The molecule has 3 nitrogen and oxygen atoms in total. The standard InChI is InChI=1S/C18H18O3/c1-4-14-11(3)17(20)9-15-13-5-6-16(19)10(2)12(13)7-8-18(14,15)21/h4-6,9,19,21H,1,7-8H2,2-3H3/t18-/m0/s1. The van der Waals surface area contributed by atoms with Gasteiger partial charge in [-0.25, -0.2) is 0 Å². The van der Waals surface area contributed by atoms with E-state index in [9.17, 15) is 15.0 Å². The molecular weight excluding hydrogens is 264 g/mol. The Morgan fingerprint density at radius 3 is 2.71 bits per heavy atom. The minimum Gasteiger partial charge on any atom is -0.508 e. The van der Waals surface area contributed by atoms with Gasteiger partial charge in [0.2, 0.25) is 0 Å². The SMILES string of the molecule is C=CC1=C(C)C(=O)C=C2c3ccc(O)c(C)c3CC[C@@]21O. The highest BCUT2D eigenvalue weighted by molar-refractivity contribution is 6.13. The molecule has 2 N–H and O–H groups in total. The van der Waals surface area contributed by atoms with Gasteiger partial charge in [0.25, 0.3) is 0 Å². The quantitative estimate of drug-likeness (QED) is 0.832. The number of phenolic OH excluding ortho intramolecular Hbond substituents is 1. The van der Waals surface area contributed by atoms with Crippen molar-refractivity contribution in [3.05, 3.63) is 58.7 Å². The van der Waals surface area contributed by atoms with E-state index >= 15 is 0 Å². The molecule has 3 rings (SSSR count). The summed E-state index contributed by atoms with van der Waals surface area (Å²) in [6.45, 7) is 7.34. The lowest BCUT2D eigenvalue weighted by Gasteiger charge is -2.40. The Morgan fingerprint density at radius 2 is 2.05 bits per heavy atom. The number of fused-ring (bicyclic) bond motifs is 3. The first-order chi connectivity index (χ1) is 9.90. The highest BCUT2D eigenvalue weighted by Crippen LogP contribution is 2.48. The molecule has 1 aromatic rings. The molecule has 2 aliphatic rings. The van der Waals surface area contributed by atoms with Crippen LogP contribution in [0.3, 0.4) is 0 Å². The molecule has 2 aliphatic carbocycles. The van der Waals surface area contributed by atoms with Gasteiger partial charge in [0, 0.05) is 5.57 Å². The van der Waals surface area contributed by atoms with Crippen molar-refractivity contribution in [2.45, 2.75) is 32.3 Å². The lowest BCUT2D eigenvalue weighted by molar-refractivity contribution is -0.111. The van der Waals surface area contributed by atoms with Crippen LogP contribution in [0.5, 0.6) is 5.75 Å². The van der Waals surface area contributed by atoms with Crippen LogP contribution in [0.1, 0.15) is 30.0 Å². The van der Waals surface area contributed by atoms with E-state index in [-0.39, 0.29) is 11.5 Å². The van der Waals surface area contributed by atoms with Gasteiger partial charge in [-0.2, -0.15) is 0 Å². The number of phenols is 1. The van der Waals surface area contributed by atoms with Crippen molar-refractivity contribution >= 4 is 11.4 Å². The van der Waals surface area contributed by atoms with Gasteiger partial charge in [-0.05, 0) is 66.7 Å². The first kappa shape index (κ1) is 13.8. The third kappa shape index (κ3) is 1.74. The van der Waals surface area contributed by atoms with E-state index in [1.165, 1.54) is 6.08 Å². The van der Waals surface area contributed by atoms with E-state index in [0.717, 1.165) is 16.7 Å². The summed E-state index contributed by atoms with van der Waals surface area (Å²) in [5.74, 6) is 0.153. The Hall–Kier alpha value is -2.13. The molecule has 0 fully saturated rings. The maximum atomic E-state index is 12.2. The smallest absolute Gasteiger partial charge is 0.182 e. The predicted octanol–water partition coefficient (Wildman–Crippen LogP) is 2.85. The predicted molar refractivity (Wildman–Crippen MR) is 82.0 cm³/mol. The van der Waals surface area contributed by atoms with Gasteiger partial charge in [-0.15, -0.1) is 0 Å². The molecule has 0 unspecified atom stereocenters. The molecule has 0 aliphatic heterocycles. The Kier molecular flexibility index (Phi) is 2.92. The minimum absolute atomic E-state index is 0.0943. The number of rotatable bonds is 1. The zero-order chi connectivity index (χ0) is 15.4. The fourth-order valence-corrected chi connectivity index (χ4v) is 3.46. The molecule has 3 heteroatoms.